The molecule has 0 saturated carbocycles. The zero-order valence-corrected chi connectivity index (χ0v) is 24.4. The summed E-state index contributed by atoms with van der Waals surface area (Å²) in [7, 11) is -10.0. The zero-order chi connectivity index (χ0) is 31.5. The standard InChI is InChI=1S/C27H26N2O13P2/c30-22-13-14-29(26(32)28-22)25-23(31)24(41-27(33)39-19-10-2-1-3-11-19)21(40-25)15-38-44(36,37)42-43(34,35)16-18-9-6-8-17-7-4-5-12-20(17)18/h1-14,21,23-25,31H,15-16H2,(H,34,35)(H,36,37)(H,28,30,32)/t21-,23+,24?,25-/m1/s1. The van der Waals surface area contributed by atoms with Crippen molar-refractivity contribution in [3.05, 3.63) is 111 Å². The molecule has 0 radical (unpaired) electrons. The molecular formula is C27H26N2O13P2. The van der Waals surface area contributed by atoms with Crippen molar-refractivity contribution in [2.45, 2.75) is 30.7 Å². The number of para-hydroxylation sites is 1. The van der Waals surface area contributed by atoms with Crippen LogP contribution in [0.1, 0.15) is 11.8 Å². The molecule has 1 fully saturated rings. The van der Waals surface area contributed by atoms with Gasteiger partial charge in [0.1, 0.15) is 18.0 Å². The van der Waals surface area contributed by atoms with E-state index in [4.69, 9.17) is 18.7 Å². The molecule has 1 saturated heterocycles. The Morgan fingerprint density at radius 3 is 2.41 bits per heavy atom. The third-order valence-electron chi connectivity index (χ3n) is 6.49. The second-order valence-electron chi connectivity index (χ2n) is 9.60. The first-order valence-electron chi connectivity index (χ1n) is 13.0. The number of ether oxygens (including phenoxy) is 3. The van der Waals surface area contributed by atoms with E-state index in [9.17, 15) is 38.4 Å². The molecule has 0 aliphatic carbocycles. The number of nitrogens with one attached hydrogen (secondary N) is 1. The number of aromatic nitrogens is 2. The van der Waals surface area contributed by atoms with E-state index in [1.165, 1.54) is 12.1 Å². The Balaban J connectivity index is 1.31. The quantitative estimate of drug-likeness (QED) is 0.111. The van der Waals surface area contributed by atoms with Crippen LogP contribution in [0, 0.1) is 0 Å². The van der Waals surface area contributed by atoms with Gasteiger partial charge in [-0.25, -0.2) is 18.5 Å². The average Bonchev–Trinajstić information content (AvgIpc) is 3.26. The third kappa shape index (κ3) is 7.59. The smallest absolute Gasteiger partial charge is 0.425 e. The zero-order valence-electron chi connectivity index (χ0n) is 22.6. The second kappa shape index (κ2) is 13.0. The van der Waals surface area contributed by atoms with Gasteiger partial charge < -0.3 is 29.1 Å². The van der Waals surface area contributed by atoms with Crippen molar-refractivity contribution in [1.82, 2.24) is 9.55 Å². The fraction of sp³-hybridized carbons (Fsp3) is 0.222. The summed E-state index contributed by atoms with van der Waals surface area (Å²) in [5.74, 6) is 0.102. The molecule has 0 bridgehead atoms. The molecule has 0 amide bonds. The number of fused-ring (bicyclic) bond motifs is 1. The van der Waals surface area contributed by atoms with Crippen molar-refractivity contribution in [2.75, 3.05) is 6.61 Å². The SMILES string of the molecule is O=C(Oc1ccccc1)OC1[C@@H](COP(=O)(O)OP(=O)(O)Cc2cccc3ccccc23)O[C@@H](n2ccc(=O)[nH]c2=O)[C@H]1O. The minimum absolute atomic E-state index is 0.102. The first-order chi connectivity index (χ1) is 20.9. The van der Waals surface area contributed by atoms with E-state index in [1.807, 2.05) is 4.98 Å². The van der Waals surface area contributed by atoms with Gasteiger partial charge in [0.2, 0.25) is 0 Å². The predicted molar refractivity (Wildman–Crippen MR) is 153 cm³/mol. The molecule has 15 nitrogen and oxygen atoms in total. The summed E-state index contributed by atoms with van der Waals surface area (Å²) < 4.78 is 51.9. The fourth-order valence-corrected chi connectivity index (χ4v) is 7.35. The highest BCUT2D eigenvalue weighted by molar-refractivity contribution is 7.63. The number of nitrogens with zero attached hydrogens (tertiary/aromatic N) is 1. The van der Waals surface area contributed by atoms with E-state index in [2.05, 4.69) is 4.31 Å². The molecule has 2 heterocycles. The molecule has 232 valence electrons. The average molecular weight is 648 g/mol. The summed E-state index contributed by atoms with van der Waals surface area (Å²) in [5.41, 5.74) is -1.32. The highest BCUT2D eigenvalue weighted by Gasteiger charge is 2.49. The minimum atomic E-state index is -5.27. The maximum Gasteiger partial charge on any atom is 0.514 e. The van der Waals surface area contributed by atoms with Gasteiger partial charge in [-0.3, -0.25) is 23.4 Å². The molecule has 1 aliphatic heterocycles. The molecule has 4 N–H and O–H groups in total. The monoisotopic (exact) mass is 648 g/mol. The number of aliphatic hydroxyl groups is 1. The Morgan fingerprint density at radius 1 is 0.955 bits per heavy atom. The maximum absolute atomic E-state index is 12.9. The van der Waals surface area contributed by atoms with E-state index in [-0.39, 0.29) is 5.75 Å². The van der Waals surface area contributed by atoms with E-state index in [0.29, 0.717) is 10.9 Å². The van der Waals surface area contributed by atoms with Crippen molar-refractivity contribution >= 4 is 32.3 Å². The van der Waals surface area contributed by atoms with Crippen LogP contribution in [0.15, 0.2) is 94.6 Å². The number of hydrogen-bond acceptors (Lipinski definition) is 11. The number of carbonyl (C=O) groups is 1. The van der Waals surface area contributed by atoms with E-state index >= 15 is 0 Å². The highest BCUT2D eigenvalue weighted by Crippen LogP contribution is 2.61. The lowest BCUT2D eigenvalue weighted by molar-refractivity contribution is -0.0555. The molecule has 0 spiro atoms. The summed E-state index contributed by atoms with van der Waals surface area (Å²) in [6.45, 7) is -0.920. The molecule has 44 heavy (non-hydrogen) atoms. The number of aliphatic hydroxyl groups excluding tert-OH is 1. The molecule has 1 aliphatic rings. The van der Waals surface area contributed by atoms with Gasteiger partial charge in [0.05, 0.1) is 12.8 Å². The first kappa shape index (κ1) is 31.5. The lowest BCUT2D eigenvalue weighted by Gasteiger charge is -2.22. The second-order valence-corrected chi connectivity index (χ2v) is 13.0. The maximum atomic E-state index is 12.9. The summed E-state index contributed by atoms with van der Waals surface area (Å²) >= 11 is 0. The van der Waals surface area contributed by atoms with E-state index < -0.39 is 70.1 Å². The normalized spacial score (nSPS) is 22.6. The molecule has 1 aromatic heterocycles. The minimum Gasteiger partial charge on any atom is -0.425 e. The number of carbonyl (C=O) groups excluding carboxylic acids is 1. The number of phosphoric ester groups is 1. The van der Waals surface area contributed by atoms with Crippen LogP contribution in [0.25, 0.3) is 10.8 Å². The Morgan fingerprint density at radius 2 is 1.66 bits per heavy atom. The van der Waals surface area contributed by atoms with Gasteiger partial charge in [-0.15, -0.1) is 0 Å². The van der Waals surface area contributed by atoms with Gasteiger partial charge in [0, 0.05) is 12.3 Å². The number of H-pyrrole nitrogens is 1. The van der Waals surface area contributed by atoms with E-state index in [0.717, 1.165) is 22.2 Å². The molecular weight excluding hydrogens is 622 g/mol. The summed E-state index contributed by atoms with van der Waals surface area (Å²) in [5, 5.41) is 12.4. The van der Waals surface area contributed by atoms with Crippen molar-refractivity contribution in [3.63, 3.8) is 0 Å². The van der Waals surface area contributed by atoms with Crippen LogP contribution < -0.4 is 16.0 Å². The summed E-state index contributed by atoms with van der Waals surface area (Å²) in [6, 6.07) is 20.8. The fourth-order valence-electron chi connectivity index (χ4n) is 4.60. The molecule has 6 atom stereocenters. The lowest BCUT2D eigenvalue weighted by atomic mass is 10.1. The van der Waals surface area contributed by atoms with Crippen LogP contribution in [0.5, 0.6) is 5.75 Å². The van der Waals surface area contributed by atoms with Crippen molar-refractivity contribution < 1.29 is 51.9 Å². The van der Waals surface area contributed by atoms with Crippen LogP contribution in [0.2, 0.25) is 0 Å². The Hall–Kier alpha value is -3.91. The van der Waals surface area contributed by atoms with Crippen molar-refractivity contribution in [3.8, 4) is 5.75 Å². The predicted octanol–water partition coefficient (Wildman–Crippen LogP) is 3.05. The van der Waals surface area contributed by atoms with Crippen LogP contribution in [-0.2, 0) is 33.6 Å². The Labute approximate surface area is 248 Å². The van der Waals surface area contributed by atoms with Crippen LogP contribution in [0.3, 0.4) is 0 Å². The van der Waals surface area contributed by atoms with Gasteiger partial charge in [-0.2, -0.15) is 0 Å². The molecule has 3 unspecified atom stereocenters. The topological polar surface area (TPSA) is 213 Å². The third-order valence-corrected chi connectivity index (χ3v) is 9.56. The van der Waals surface area contributed by atoms with Crippen LogP contribution in [0.4, 0.5) is 4.79 Å². The van der Waals surface area contributed by atoms with Crippen molar-refractivity contribution in [2.24, 2.45) is 0 Å². The molecule has 4 aromatic rings. The number of aromatic amines is 1. The van der Waals surface area contributed by atoms with Gasteiger partial charge >= 0.3 is 27.3 Å². The molecule has 3 aromatic carbocycles. The van der Waals surface area contributed by atoms with Crippen LogP contribution >= 0.6 is 15.4 Å². The molecule has 5 rings (SSSR count). The highest BCUT2D eigenvalue weighted by atomic mass is 31.3. The number of phosphoric acid groups is 1. The van der Waals surface area contributed by atoms with Crippen LogP contribution in [-0.4, -0.2) is 55.5 Å². The van der Waals surface area contributed by atoms with Gasteiger partial charge in [0.15, 0.2) is 12.3 Å². The van der Waals surface area contributed by atoms with Gasteiger partial charge in [-0.05, 0) is 28.5 Å². The number of rotatable bonds is 10. The summed E-state index contributed by atoms with van der Waals surface area (Å²) in [6.07, 6.45) is -7.39. The van der Waals surface area contributed by atoms with Gasteiger partial charge in [0.25, 0.3) is 5.56 Å². The van der Waals surface area contributed by atoms with Crippen molar-refractivity contribution in [1.29, 1.82) is 0 Å². The van der Waals surface area contributed by atoms with E-state index in [1.54, 1.807) is 60.7 Å². The lowest BCUT2D eigenvalue weighted by Crippen LogP contribution is -2.40. The number of hydrogen-bond donors (Lipinski definition) is 4. The number of benzene rings is 3. The molecule has 17 heteroatoms. The largest absolute Gasteiger partial charge is 0.514 e. The summed E-state index contributed by atoms with van der Waals surface area (Å²) in [4.78, 5) is 59.1. The Kier molecular flexibility index (Phi) is 9.30. The Bertz CT molecular complexity index is 1860. The van der Waals surface area contributed by atoms with Gasteiger partial charge in [-0.1, -0.05) is 60.7 Å². The first-order valence-corrected chi connectivity index (χ1v) is 16.2.